The molecule has 1 N–H and O–H groups in total. The summed E-state index contributed by atoms with van der Waals surface area (Å²) in [5.74, 6) is 0. The molecule has 0 saturated carbocycles. The molecule has 0 bridgehead atoms. The molecular formula is C13H19N3O2S. The molecular weight excluding hydrogens is 262 g/mol. The summed E-state index contributed by atoms with van der Waals surface area (Å²) < 4.78 is 5.11. The number of hydrogen-bond acceptors (Lipinski definition) is 5. The summed E-state index contributed by atoms with van der Waals surface area (Å²) in [5, 5.41) is 3.38. The summed E-state index contributed by atoms with van der Waals surface area (Å²) in [6.07, 6.45) is 8.65. The second-order valence-corrected chi connectivity index (χ2v) is 5.56. The van der Waals surface area contributed by atoms with Crippen LogP contribution in [0.2, 0.25) is 0 Å². The van der Waals surface area contributed by atoms with E-state index in [9.17, 15) is 4.79 Å². The maximum atomic E-state index is 11.4. The standard InChI is InChI=1S/C13H19N3O2S/c1-13(2,3)18-12(17)14-7-5-6-10-8-15-11(19-4)16-9-10/h5-6,8-9H,7H2,1-4H3,(H,14,17). The number of alkyl carbamates (subject to hydrolysis) is 1. The highest BCUT2D eigenvalue weighted by Crippen LogP contribution is 2.08. The molecule has 0 aliphatic heterocycles. The lowest BCUT2D eigenvalue weighted by Gasteiger charge is -2.19. The maximum Gasteiger partial charge on any atom is 0.407 e. The summed E-state index contributed by atoms with van der Waals surface area (Å²) in [4.78, 5) is 19.7. The van der Waals surface area contributed by atoms with Gasteiger partial charge >= 0.3 is 6.09 Å². The predicted molar refractivity (Wildman–Crippen MR) is 77.1 cm³/mol. The first kappa shape index (κ1) is 15.5. The van der Waals surface area contributed by atoms with Gasteiger partial charge in [0, 0.05) is 24.5 Å². The fourth-order valence-electron chi connectivity index (χ4n) is 1.17. The zero-order chi connectivity index (χ0) is 14.3. The van der Waals surface area contributed by atoms with Crippen molar-refractivity contribution in [3.63, 3.8) is 0 Å². The van der Waals surface area contributed by atoms with Crippen LogP contribution in [-0.4, -0.2) is 34.5 Å². The molecule has 1 aromatic rings. The van der Waals surface area contributed by atoms with E-state index in [1.54, 1.807) is 12.4 Å². The van der Waals surface area contributed by atoms with Gasteiger partial charge in [0.05, 0.1) is 0 Å². The molecule has 0 aliphatic rings. The van der Waals surface area contributed by atoms with Crippen molar-refractivity contribution in [2.45, 2.75) is 31.5 Å². The van der Waals surface area contributed by atoms with Crippen LogP contribution < -0.4 is 5.32 Å². The van der Waals surface area contributed by atoms with Crippen LogP contribution in [0.4, 0.5) is 4.79 Å². The first-order chi connectivity index (χ1) is 8.90. The third-order valence-electron chi connectivity index (χ3n) is 1.90. The van der Waals surface area contributed by atoms with Crippen molar-refractivity contribution in [2.75, 3.05) is 12.8 Å². The average molecular weight is 281 g/mol. The Kier molecular flexibility index (Phi) is 5.82. The molecule has 5 nitrogen and oxygen atoms in total. The van der Waals surface area contributed by atoms with Crippen LogP contribution in [0.5, 0.6) is 0 Å². The Hall–Kier alpha value is -1.56. The Labute approximate surface area is 117 Å². The Morgan fingerprint density at radius 3 is 2.58 bits per heavy atom. The molecule has 0 saturated heterocycles. The van der Waals surface area contributed by atoms with Crippen LogP contribution in [0.3, 0.4) is 0 Å². The smallest absolute Gasteiger partial charge is 0.407 e. The molecule has 104 valence electrons. The fourth-order valence-corrected chi connectivity index (χ4v) is 1.49. The Morgan fingerprint density at radius 2 is 2.05 bits per heavy atom. The second kappa shape index (κ2) is 7.13. The summed E-state index contributed by atoms with van der Waals surface area (Å²) in [6.45, 7) is 5.88. The third-order valence-corrected chi connectivity index (χ3v) is 2.48. The molecule has 1 heterocycles. The average Bonchev–Trinajstić information content (AvgIpc) is 2.33. The number of carbonyl (C=O) groups is 1. The van der Waals surface area contributed by atoms with Gasteiger partial charge in [-0.1, -0.05) is 23.9 Å². The molecule has 0 atom stereocenters. The Balaban J connectivity index is 2.35. The van der Waals surface area contributed by atoms with Crippen LogP contribution in [0.15, 0.2) is 23.6 Å². The lowest BCUT2D eigenvalue weighted by atomic mass is 10.2. The number of nitrogens with one attached hydrogen (secondary N) is 1. The van der Waals surface area contributed by atoms with Gasteiger partial charge in [-0.15, -0.1) is 0 Å². The molecule has 0 radical (unpaired) electrons. The van der Waals surface area contributed by atoms with Gasteiger partial charge in [0.25, 0.3) is 0 Å². The van der Waals surface area contributed by atoms with Gasteiger partial charge in [-0.05, 0) is 27.0 Å². The summed E-state index contributed by atoms with van der Waals surface area (Å²) in [5.41, 5.74) is 0.415. The van der Waals surface area contributed by atoms with E-state index in [2.05, 4.69) is 15.3 Å². The molecule has 0 unspecified atom stereocenters. The van der Waals surface area contributed by atoms with Crippen molar-refractivity contribution in [1.82, 2.24) is 15.3 Å². The molecule has 0 spiro atoms. The predicted octanol–water partition coefficient (Wildman–Crippen LogP) is 2.74. The number of amides is 1. The number of rotatable bonds is 4. The van der Waals surface area contributed by atoms with Crippen molar-refractivity contribution in [1.29, 1.82) is 0 Å². The van der Waals surface area contributed by atoms with Gasteiger partial charge in [-0.2, -0.15) is 0 Å². The Morgan fingerprint density at radius 1 is 1.42 bits per heavy atom. The Bertz CT molecular complexity index is 438. The molecule has 1 rings (SSSR count). The van der Waals surface area contributed by atoms with Gasteiger partial charge in [-0.3, -0.25) is 0 Å². The van der Waals surface area contributed by atoms with Crippen molar-refractivity contribution in [3.05, 3.63) is 24.0 Å². The molecule has 0 aliphatic carbocycles. The van der Waals surface area contributed by atoms with Gasteiger partial charge < -0.3 is 10.1 Å². The SMILES string of the molecule is CSc1ncc(C=CCNC(=O)OC(C)(C)C)cn1. The molecule has 6 heteroatoms. The number of carbonyl (C=O) groups excluding carboxylic acids is 1. The van der Waals surface area contributed by atoms with Gasteiger partial charge in [-0.25, -0.2) is 14.8 Å². The summed E-state index contributed by atoms with van der Waals surface area (Å²) in [6, 6.07) is 0. The normalized spacial score (nSPS) is 11.6. The van der Waals surface area contributed by atoms with Crippen LogP contribution in [0.25, 0.3) is 6.08 Å². The third kappa shape index (κ3) is 6.81. The minimum absolute atomic E-state index is 0.402. The minimum atomic E-state index is -0.477. The van der Waals surface area contributed by atoms with Gasteiger partial charge in [0.2, 0.25) is 0 Å². The van der Waals surface area contributed by atoms with Crippen molar-refractivity contribution < 1.29 is 9.53 Å². The van der Waals surface area contributed by atoms with E-state index in [0.29, 0.717) is 6.54 Å². The van der Waals surface area contributed by atoms with E-state index in [4.69, 9.17) is 4.74 Å². The molecule has 19 heavy (non-hydrogen) atoms. The van der Waals surface area contributed by atoms with E-state index >= 15 is 0 Å². The highest BCUT2D eigenvalue weighted by atomic mass is 32.2. The zero-order valence-electron chi connectivity index (χ0n) is 11.6. The second-order valence-electron chi connectivity index (χ2n) is 4.79. The quantitative estimate of drug-likeness (QED) is 0.679. The topological polar surface area (TPSA) is 64.1 Å². The lowest BCUT2D eigenvalue weighted by Crippen LogP contribution is -2.32. The van der Waals surface area contributed by atoms with Crippen LogP contribution >= 0.6 is 11.8 Å². The minimum Gasteiger partial charge on any atom is -0.444 e. The monoisotopic (exact) mass is 281 g/mol. The van der Waals surface area contributed by atoms with E-state index in [1.165, 1.54) is 11.8 Å². The summed E-state index contributed by atoms with van der Waals surface area (Å²) in [7, 11) is 0. The summed E-state index contributed by atoms with van der Waals surface area (Å²) >= 11 is 1.50. The first-order valence-corrected chi connectivity index (χ1v) is 7.12. The number of hydrogen-bond donors (Lipinski definition) is 1. The number of aromatic nitrogens is 2. The molecule has 1 aromatic heterocycles. The van der Waals surface area contributed by atoms with Gasteiger partial charge in [0.1, 0.15) is 5.60 Å². The largest absolute Gasteiger partial charge is 0.444 e. The van der Waals surface area contributed by atoms with Crippen LogP contribution in [0, 0.1) is 0 Å². The van der Waals surface area contributed by atoms with Crippen LogP contribution in [-0.2, 0) is 4.74 Å². The highest BCUT2D eigenvalue weighted by Gasteiger charge is 2.14. The zero-order valence-corrected chi connectivity index (χ0v) is 12.5. The molecule has 1 amide bonds. The van der Waals surface area contributed by atoms with E-state index < -0.39 is 11.7 Å². The maximum absolute atomic E-state index is 11.4. The van der Waals surface area contributed by atoms with E-state index in [0.717, 1.165) is 10.7 Å². The van der Waals surface area contributed by atoms with Crippen molar-refractivity contribution in [2.24, 2.45) is 0 Å². The van der Waals surface area contributed by atoms with Crippen molar-refractivity contribution in [3.8, 4) is 0 Å². The number of nitrogens with zero attached hydrogens (tertiary/aromatic N) is 2. The van der Waals surface area contributed by atoms with Gasteiger partial charge in [0.15, 0.2) is 5.16 Å². The van der Waals surface area contributed by atoms with Crippen LogP contribution in [0.1, 0.15) is 26.3 Å². The first-order valence-electron chi connectivity index (χ1n) is 5.90. The number of thioether (sulfide) groups is 1. The number of ether oxygens (including phenoxy) is 1. The van der Waals surface area contributed by atoms with Crippen molar-refractivity contribution >= 4 is 23.9 Å². The molecule has 0 fully saturated rings. The van der Waals surface area contributed by atoms with E-state index in [-0.39, 0.29) is 0 Å². The molecule has 0 aromatic carbocycles. The lowest BCUT2D eigenvalue weighted by molar-refractivity contribution is 0.0534. The van der Waals surface area contributed by atoms with E-state index in [1.807, 2.05) is 39.2 Å². The fraction of sp³-hybridized carbons (Fsp3) is 0.462. The highest BCUT2D eigenvalue weighted by molar-refractivity contribution is 7.98.